The Kier molecular flexibility index (Phi) is 4.22. The Morgan fingerprint density at radius 1 is 1.13 bits per heavy atom. The Morgan fingerprint density at radius 3 is 2.73 bits per heavy atom. The van der Waals surface area contributed by atoms with Crippen LogP contribution in [0.25, 0.3) is 0 Å². The zero-order valence-electron chi connectivity index (χ0n) is 9.41. The first-order chi connectivity index (χ1) is 7.45. The van der Waals surface area contributed by atoms with Crippen LogP contribution in [-0.2, 0) is 6.42 Å². The summed E-state index contributed by atoms with van der Waals surface area (Å²) < 4.78 is 0. The molecule has 1 heteroatoms. The molecule has 0 spiro atoms. The summed E-state index contributed by atoms with van der Waals surface area (Å²) in [6.07, 6.45) is 8.07. The van der Waals surface area contributed by atoms with E-state index in [0.717, 1.165) is 6.04 Å². The molecule has 0 amide bonds. The minimum absolute atomic E-state index is 0.794. The first kappa shape index (κ1) is 10.7. The Balaban J connectivity index is 1.66. The van der Waals surface area contributed by atoms with E-state index < -0.39 is 0 Å². The van der Waals surface area contributed by atoms with Gasteiger partial charge in [0.2, 0.25) is 0 Å². The van der Waals surface area contributed by atoms with Gasteiger partial charge >= 0.3 is 0 Å². The molecule has 0 radical (unpaired) electrons. The van der Waals surface area contributed by atoms with Crippen LogP contribution in [0.15, 0.2) is 30.3 Å². The molecule has 1 saturated heterocycles. The molecule has 1 aromatic rings. The standard InChI is InChI=1S/C14H21N/c1-2-7-13(8-3-1)9-6-11-14-10-4-5-12-15-14/h1-3,7-8,14-15H,4-6,9-12H2/t14-/m0/s1. The number of piperidine rings is 1. The summed E-state index contributed by atoms with van der Waals surface area (Å²) in [4.78, 5) is 0. The predicted octanol–water partition coefficient (Wildman–Crippen LogP) is 3.15. The quantitative estimate of drug-likeness (QED) is 0.792. The molecule has 1 N–H and O–H groups in total. The summed E-state index contributed by atoms with van der Waals surface area (Å²) in [5.41, 5.74) is 1.48. The van der Waals surface area contributed by atoms with E-state index in [1.54, 1.807) is 0 Å². The van der Waals surface area contributed by atoms with Crippen LogP contribution in [0.3, 0.4) is 0 Å². The predicted molar refractivity (Wildman–Crippen MR) is 65.0 cm³/mol. The van der Waals surface area contributed by atoms with Crippen LogP contribution < -0.4 is 5.32 Å². The highest BCUT2D eigenvalue weighted by molar-refractivity contribution is 5.14. The van der Waals surface area contributed by atoms with Crippen LogP contribution in [0.5, 0.6) is 0 Å². The van der Waals surface area contributed by atoms with Crippen molar-refractivity contribution in [2.24, 2.45) is 0 Å². The molecular formula is C14H21N. The van der Waals surface area contributed by atoms with Crippen molar-refractivity contribution in [3.05, 3.63) is 35.9 Å². The Hall–Kier alpha value is -0.820. The van der Waals surface area contributed by atoms with Crippen molar-refractivity contribution in [2.45, 2.75) is 44.6 Å². The molecule has 1 aromatic carbocycles. The number of benzene rings is 1. The monoisotopic (exact) mass is 203 g/mol. The van der Waals surface area contributed by atoms with E-state index in [2.05, 4.69) is 35.6 Å². The lowest BCUT2D eigenvalue weighted by molar-refractivity contribution is 0.376. The highest BCUT2D eigenvalue weighted by atomic mass is 14.9. The van der Waals surface area contributed by atoms with Crippen LogP contribution in [0.1, 0.15) is 37.7 Å². The van der Waals surface area contributed by atoms with Crippen LogP contribution in [0, 0.1) is 0 Å². The van der Waals surface area contributed by atoms with Crippen LogP contribution in [-0.4, -0.2) is 12.6 Å². The smallest absolute Gasteiger partial charge is 0.00671 e. The van der Waals surface area contributed by atoms with Crippen molar-refractivity contribution < 1.29 is 0 Å². The number of hydrogen-bond acceptors (Lipinski definition) is 1. The zero-order valence-corrected chi connectivity index (χ0v) is 9.41. The van der Waals surface area contributed by atoms with Gasteiger partial charge in [-0.3, -0.25) is 0 Å². The van der Waals surface area contributed by atoms with Crippen LogP contribution in [0.4, 0.5) is 0 Å². The summed E-state index contributed by atoms with van der Waals surface area (Å²) in [7, 11) is 0. The van der Waals surface area contributed by atoms with Crippen molar-refractivity contribution in [1.82, 2.24) is 5.32 Å². The summed E-state index contributed by atoms with van der Waals surface area (Å²) in [6, 6.07) is 11.6. The van der Waals surface area contributed by atoms with Gasteiger partial charge in [0.1, 0.15) is 0 Å². The van der Waals surface area contributed by atoms with Gasteiger partial charge < -0.3 is 5.32 Å². The number of rotatable bonds is 4. The van der Waals surface area contributed by atoms with Crippen molar-refractivity contribution in [1.29, 1.82) is 0 Å². The van der Waals surface area contributed by atoms with Gasteiger partial charge in [0, 0.05) is 6.04 Å². The first-order valence-corrected chi connectivity index (χ1v) is 6.22. The summed E-state index contributed by atoms with van der Waals surface area (Å²) in [5, 5.41) is 3.61. The van der Waals surface area contributed by atoms with E-state index in [-0.39, 0.29) is 0 Å². The van der Waals surface area contributed by atoms with Gasteiger partial charge in [0.15, 0.2) is 0 Å². The van der Waals surface area contributed by atoms with Crippen molar-refractivity contribution in [2.75, 3.05) is 6.54 Å². The molecule has 0 saturated carbocycles. The van der Waals surface area contributed by atoms with Gasteiger partial charge in [-0.05, 0) is 44.2 Å². The molecule has 2 rings (SSSR count). The van der Waals surface area contributed by atoms with Crippen molar-refractivity contribution >= 4 is 0 Å². The fourth-order valence-corrected chi connectivity index (χ4v) is 2.37. The van der Waals surface area contributed by atoms with Crippen molar-refractivity contribution in [3.63, 3.8) is 0 Å². The van der Waals surface area contributed by atoms with E-state index >= 15 is 0 Å². The maximum atomic E-state index is 3.61. The number of hydrogen-bond donors (Lipinski definition) is 1. The molecule has 1 aliphatic heterocycles. The molecule has 1 fully saturated rings. The normalized spacial score (nSPS) is 21.5. The maximum Gasteiger partial charge on any atom is 0.00671 e. The van der Waals surface area contributed by atoms with Crippen LogP contribution >= 0.6 is 0 Å². The minimum atomic E-state index is 0.794. The molecule has 1 aliphatic rings. The molecule has 1 atom stereocenters. The Labute approximate surface area is 92.9 Å². The third-order valence-corrected chi connectivity index (χ3v) is 3.27. The fraction of sp³-hybridized carbons (Fsp3) is 0.571. The molecule has 15 heavy (non-hydrogen) atoms. The minimum Gasteiger partial charge on any atom is -0.314 e. The summed E-state index contributed by atoms with van der Waals surface area (Å²) in [5.74, 6) is 0. The van der Waals surface area contributed by atoms with E-state index in [1.165, 1.54) is 50.6 Å². The van der Waals surface area contributed by atoms with E-state index in [0.29, 0.717) is 0 Å². The molecular weight excluding hydrogens is 182 g/mol. The van der Waals surface area contributed by atoms with Crippen LogP contribution in [0.2, 0.25) is 0 Å². The molecule has 1 nitrogen and oxygen atoms in total. The Bertz CT molecular complexity index is 262. The van der Waals surface area contributed by atoms with Gasteiger partial charge in [-0.25, -0.2) is 0 Å². The number of aryl methyl sites for hydroxylation is 1. The van der Waals surface area contributed by atoms with Gasteiger partial charge in [0.25, 0.3) is 0 Å². The van der Waals surface area contributed by atoms with Gasteiger partial charge in [-0.15, -0.1) is 0 Å². The lowest BCUT2D eigenvalue weighted by Gasteiger charge is -2.23. The summed E-state index contributed by atoms with van der Waals surface area (Å²) >= 11 is 0. The second-order valence-electron chi connectivity index (χ2n) is 4.52. The lowest BCUT2D eigenvalue weighted by atomic mass is 9.98. The number of nitrogens with one attached hydrogen (secondary N) is 1. The fourth-order valence-electron chi connectivity index (χ4n) is 2.37. The third kappa shape index (κ3) is 3.67. The zero-order chi connectivity index (χ0) is 10.3. The molecule has 82 valence electrons. The van der Waals surface area contributed by atoms with Crippen molar-refractivity contribution in [3.8, 4) is 0 Å². The van der Waals surface area contributed by atoms with Gasteiger partial charge in [-0.2, -0.15) is 0 Å². The molecule has 0 aromatic heterocycles. The molecule has 0 bridgehead atoms. The van der Waals surface area contributed by atoms with E-state index in [9.17, 15) is 0 Å². The third-order valence-electron chi connectivity index (χ3n) is 3.27. The highest BCUT2D eigenvalue weighted by Crippen LogP contribution is 2.13. The molecule has 0 aliphatic carbocycles. The Morgan fingerprint density at radius 2 is 2.00 bits per heavy atom. The largest absolute Gasteiger partial charge is 0.314 e. The molecule has 1 heterocycles. The summed E-state index contributed by atoms with van der Waals surface area (Å²) in [6.45, 7) is 1.23. The maximum absolute atomic E-state index is 3.61. The highest BCUT2D eigenvalue weighted by Gasteiger charge is 2.11. The SMILES string of the molecule is c1ccc(CCC[C@@H]2CCCCN2)cc1. The topological polar surface area (TPSA) is 12.0 Å². The average molecular weight is 203 g/mol. The van der Waals surface area contributed by atoms with E-state index in [4.69, 9.17) is 0 Å². The second kappa shape index (κ2) is 5.92. The lowest BCUT2D eigenvalue weighted by Crippen LogP contribution is -2.33. The second-order valence-corrected chi connectivity index (χ2v) is 4.52. The van der Waals surface area contributed by atoms with Gasteiger partial charge in [-0.1, -0.05) is 36.8 Å². The average Bonchev–Trinajstić information content (AvgIpc) is 2.32. The van der Waals surface area contributed by atoms with Gasteiger partial charge in [0.05, 0.1) is 0 Å². The van der Waals surface area contributed by atoms with E-state index in [1.807, 2.05) is 0 Å². The molecule has 0 unspecified atom stereocenters. The first-order valence-electron chi connectivity index (χ1n) is 6.22.